The number of aromatic nitrogens is 2. The van der Waals surface area contributed by atoms with E-state index in [2.05, 4.69) is 31.1 Å². The van der Waals surface area contributed by atoms with Gasteiger partial charge in [0.2, 0.25) is 0 Å². The van der Waals surface area contributed by atoms with E-state index < -0.39 is 0 Å². The zero-order chi connectivity index (χ0) is 19.3. The second-order valence-electron chi connectivity index (χ2n) is 8.29. The molecule has 1 saturated heterocycles. The Balaban J connectivity index is 1.67. The Morgan fingerprint density at radius 2 is 1.93 bits per heavy atom. The predicted molar refractivity (Wildman–Crippen MR) is 108 cm³/mol. The number of hydrogen-bond acceptors (Lipinski definition) is 4. The minimum atomic E-state index is 0.0815. The summed E-state index contributed by atoms with van der Waals surface area (Å²) in [5.74, 6) is 0.528. The molecule has 2 aromatic heterocycles. The largest absolute Gasteiger partial charge is 0.336 e. The van der Waals surface area contributed by atoms with Crippen LogP contribution in [0.2, 0.25) is 0 Å². The molecule has 144 valence electrons. The van der Waals surface area contributed by atoms with Crippen LogP contribution >= 0.6 is 0 Å². The van der Waals surface area contributed by atoms with Crippen molar-refractivity contribution in [1.82, 2.24) is 15.0 Å². The van der Waals surface area contributed by atoms with Gasteiger partial charge in [-0.1, -0.05) is 35.0 Å². The van der Waals surface area contributed by atoms with E-state index in [4.69, 9.17) is 9.51 Å². The van der Waals surface area contributed by atoms with Crippen LogP contribution in [0.3, 0.4) is 0 Å². The highest BCUT2D eigenvalue weighted by Crippen LogP contribution is 2.41. The molecule has 2 fully saturated rings. The number of hydrogen-bond donors (Lipinski definition) is 0. The summed E-state index contributed by atoms with van der Waals surface area (Å²) in [5.41, 5.74) is 4.98. The van der Waals surface area contributed by atoms with Gasteiger partial charge in [0.1, 0.15) is 5.69 Å². The second-order valence-corrected chi connectivity index (χ2v) is 8.29. The molecule has 3 aromatic rings. The first-order chi connectivity index (χ1) is 13.6. The molecule has 0 unspecified atom stereocenters. The number of nitrogens with zero attached hydrogens (tertiary/aromatic N) is 3. The van der Waals surface area contributed by atoms with Crippen molar-refractivity contribution in [1.29, 1.82) is 0 Å². The van der Waals surface area contributed by atoms with Crippen molar-refractivity contribution in [2.75, 3.05) is 6.54 Å². The van der Waals surface area contributed by atoms with E-state index in [1.165, 1.54) is 12.0 Å². The average molecular weight is 375 g/mol. The maximum Gasteiger partial charge on any atom is 0.259 e. The summed E-state index contributed by atoms with van der Waals surface area (Å²) in [5, 5.41) is 5.06. The highest BCUT2D eigenvalue weighted by molar-refractivity contribution is 6.09. The van der Waals surface area contributed by atoms with Crippen molar-refractivity contribution in [3.8, 4) is 11.3 Å². The van der Waals surface area contributed by atoms with Crippen LogP contribution in [-0.2, 0) is 0 Å². The van der Waals surface area contributed by atoms with Crippen LogP contribution in [0.4, 0.5) is 0 Å². The quantitative estimate of drug-likeness (QED) is 0.640. The van der Waals surface area contributed by atoms with E-state index in [0.717, 1.165) is 48.9 Å². The number of fused-ring (bicyclic) bond motifs is 1. The third kappa shape index (κ3) is 2.99. The second kappa shape index (κ2) is 6.73. The number of rotatable bonds is 3. The Hall–Kier alpha value is -2.69. The molecule has 3 heterocycles. The fourth-order valence-electron chi connectivity index (χ4n) is 4.19. The fourth-order valence-corrected chi connectivity index (χ4v) is 4.19. The molecule has 0 N–H and O–H groups in total. The molecule has 0 radical (unpaired) electrons. The van der Waals surface area contributed by atoms with Crippen LogP contribution in [-0.4, -0.2) is 33.5 Å². The Morgan fingerprint density at radius 1 is 1.14 bits per heavy atom. The van der Waals surface area contributed by atoms with Crippen molar-refractivity contribution in [2.24, 2.45) is 0 Å². The summed E-state index contributed by atoms with van der Waals surface area (Å²) in [4.78, 5) is 20.3. The zero-order valence-corrected chi connectivity index (χ0v) is 16.4. The van der Waals surface area contributed by atoms with Crippen LogP contribution in [0.25, 0.3) is 22.4 Å². The monoisotopic (exact) mass is 375 g/mol. The topological polar surface area (TPSA) is 59.2 Å². The van der Waals surface area contributed by atoms with Crippen LogP contribution in [0, 0.1) is 6.92 Å². The lowest BCUT2D eigenvalue weighted by Gasteiger charge is -2.33. The molecule has 28 heavy (non-hydrogen) atoms. The third-order valence-electron chi connectivity index (χ3n) is 6.08. The van der Waals surface area contributed by atoms with Crippen molar-refractivity contribution in [2.45, 2.75) is 57.9 Å². The van der Waals surface area contributed by atoms with E-state index >= 15 is 0 Å². The lowest BCUT2D eigenvalue weighted by Crippen LogP contribution is -2.42. The molecule has 0 spiro atoms. The number of pyridine rings is 1. The summed E-state index contributed by atoms with van der Waals surface area (Å²) in [6.07, 6.45) is 5.57. The predicted octanol–water partition coefficient (Wildman–Crippen LogP) is 5.09. The maximum absolute atomic E-state index is 13.6. The molecule has 0 bridgehead atoms. The lowest BCUT2D eigenvalue weighted by atomic mass is 9.99. The SMILES string of the molecule is Cc1ccc(-c2noc3nc(C4CC4)cc(C(=O)N4CCCC[C@H]4C)c23)cc1. The minimum Gasteiger partial charge on any atom is -0.336 e. The smallest absolute Gasteiger partial charge is 0.259 e. The minimum absolute atomic E-state index is 0.0815. The van der Waals surface area contributed by atoms with Crippen LogP contribution in [0.15, 0.2) is 34.9 Å². The number of benzene rings is 1. The molecule has 2 aliphatic rings. The van der Waals surface area contributed by atoms with Crippen molar-refractivity contribution < 1.29 is 9.32 Å². The molecule has 5 nitrogen and oxygen atoms in total. The van der Waals surface area contributed by atoms with E-state index in [9.17, 15) is 4.79 Å². The Morgan fingerprint density at radius 3 is 2.64 bits per heavy atom. The van der Waals surface area contributed by atoms with Gasteiger partial charge in [0.05, 0.1) is 10.9 Å². The molecular formula is C23H25N3O2. The molecule has 1 aliphatic heterocycles. The molecule has 1 aromatic carbocycles. The van der Waals surface area contributed by atoms with Gasteiger partial charge in [-0.05, 0) is 52.0 Å². The lowest BCUT2D eigenvalue weighted by molar-refractivity contribution is 0.0637. The highest BCUT2D eigenvalue weighted by Gasteiger charge is 2.32. The number of likely N-dealkylation sites (tertiary alicyclic amines) is 1. The number of aryl methyl sites for hydroxylation is 1. The van der Waals surface area contributed by atoms with Crippen LogP contribution < -0.4 is 0 Å². The molecule has 1 saturated carbocycles. The number of piperidine rings is 1. The average Bonchev–Trinajstić information content (AvgIpc) is 3.47. The van der Waals surface area contributed by atoms with Crippen LogP contribution in [0.1, 0.15) is 66.6 Å². The standard InChI is InChI=1S/C23H25N3O2/c1-14-6-8-17(9-7-14)21-20-18(23(27)26-12-4-3-5-15(26)2)13-19(16-10-11-16)24-22(20)28-25-21/h6-9,13,15-16H,3-5,10-12H2,1-2H3/t15-/m1/s1. The van der Waals surface area contributed by atoms with Crippen LogP contribution in [0.5, 0.6) is 0 Å². The maximum atomic E-state index is 13.6. The van der Waals surface area contributed by atoms with Gasteiger partial charge in [-0.2, -0.15) is 0 Å². The van der Waals surface area contributed by atoms with Gasteiger partial charge in [0, 0.05) is 29.8 Å². The fraction of sp³-hybridized carbons (Fsp3) is 0.435. The Kier molecular flexibility index (Phi) is 4.18. The number of carbonyl (C=O) groups is 1. The van der Waals surface area contributed by atoms with Crippen molar-refractivity contribution in [3.63, 3.8) is 0 Å². The molecule has 1 aliphatic carbocycles. The van der Waals surface area contributed by atoms with E-state index in [1.807, 2.05) is 23.1 Å². The van der Waals surface area contributed by atoms with Gasteiger partial charge in [0.15, 0.2) is 0 Å². The molecule has 1 amide bonds. The highest BCUT2D eigenvalue weighted by atomic mass is 16.5. The first-order valence-corrected chi connectivity index (χ1v) is 10.3. The van der Waals surface area contributed by atoms with Gasteiger partial charge in [0.25, 0.3) is 11.6 Å². The van der Waals surface area contributed by atoms with Gasteiger partial charge in [-0.25, -0.2) is 4.98 Å². The van der Waals surface area contributed by atoms with Crippen molar-refractivity contribution >= 4 is 17.0 Å². The summed E-state index contributed by atoms with van der Waals surface area (Å²) in [6, 6.07) is 10.4. The third-order valence-corrected chi connectivity index (χ3v) is 6.08. The Bertz CT molecular complexity index is 1030. The summed E-state index contributed by atoms with van der Waals surface area (Å²) >= 11 is 0. The zero-order valence-electron chi connectivity index (χ0n) is 16.4. The molecule has 5 rings (SSSR count). The molecular weight excluding hydrogens is 350 g/mol. The normalized spacial score (nSPS) is 19.9. The van der Waals surface area contributed by atoms with Crippen molar-refractivity contribution in [3.05, 3.63) is 47.2 Å². The Labute approximate surface area is 164 Å². The van der Waals surface area contributed by atoms with Gasteiger partial charge >= 0.3 is 0 Å². The number of amides is 1. The van der Waals surface area contributed by atoms with E-state index in [1.54, 1.807) is 0 Å². The number of carbonyl (C=O) groups excluding carboxylic acids is 1. The van der Waals surface area contributed by atoms with E-state index in [0.29, 0.717) is 22.9 Å². The van der Waals surface area contributed by atoms with Gasteiger partial charge in [-0.3, -0.25) is 4.79 Å². The van der Waals surface area contributed by atoms with E-state index in [-0.39, 0.29) is 11.9 Å². The summed E-state index contributed by atoms with van der Waals surface area (Å²) < 4.78 is 5.63. The van der Waals surface area contributed by atoms with Gasteiger partial charge < -0.3 is 9.42 Å². The first kappa shape index (κ1) is 17.4. The van der Waals surface area contributed by atoms with Gasteiger partial charge in [-0.15, -0.1) is 0 Å². The first-order valence-electron chi connectivity index (χ1n) is 10.3. The summed E-state index contributed by atoms with van der Waals surface area (Å²) in [6.45, 7) is 5.01. The molecule has 5 heteroatoms. The molecule has 1 atom stereocenters. The summed E-state index contributed by atoms with van der Waals surface area (Å²) in [7, 11) is 0.